The van der Waals surface area contributed by atoms with Crippen molar-refractivity contribution in [3.8, 4) is 28.8 Å². The Labute approximate surface area is 217 Å². The highest BCUT2D eigenvalue weighted by Gasteiger charge is 2.36. The smallest absolute Gasteiger partial charge is 0.261 e. The summed E-state index contributed by atoms with van der Waals surface area (Å²) in [7, 11) is -1.19. The van der Waals surface area contributed by atoms with Gasteiger partial charge in [0.1, 0.15) is 22.9 Å². The molecule has 0 saturated carbocycles. The van der Waals surface area contributed by atoms with E-state index in [1.54, 1.807) is 49.4 Å². The van der Waals surface area contributed by atoms with Crippen LogP contribution >= 0.6 is 0 Å². The van der Waals surface area contributed by atoms with Crippen molar-refractivity contribution in [3.63, 3.8) is 0 Å². The number of aryl methyl sites for hydroxylation is 1. The summed E-state index contributed by atoms with van der Waals surface area (Å²) in [6.07, 6.45) is 0. The van der Waals surface area contributed by atoms with Crippen LogP contribution in [0.3, 0.4) is 0 Å². The normalized spacial score (nSPS) is 13.1. The van der Waals surface area contributed by atoms with E-state index < -0.39 is 27.6 Å². The van der Waals surface area contributed by atoms with E-state index in [1.165, 1.54) is 30.9 Å². The average Bonchev–Trinajstić information content (AvgIpc) is 3.58. The molecule has 0 spiro atoms. The van der Waals surface area contributed by atoms with Gasteiger partial charge >= 0.3 is 0 Å². The van der Waals surface area contributed by atoms with Crippen molar-refractivity contribution in [1.82, 2.24) is 19.7 Å². The molecule has 0 atom stereocenters. The molecule has 0 bridgehead atoms. The Bertz CT molecular complexity index is 1600. The third kappa shape index (κ3) is 4.36. The van der Waals surface area contributed by atoms with Crippen LogP contribution in [0, 0.1) is 6.92 Å². The zero-order valence-corrected chi connectivity index (χ0v) is 21.5. The number of rotatable bonds is 9. The molecular weight excluding hydrogens is 514 g/mol. The van der Waals surface area contributed by atoms with Crippen LogP contribution in [0.4, 0.5) is 5.95 Å². The molecule has 1 aliphatic heterocycles. The van der Waals surface area contributed by atoms with Gasteiger partial charge in [0.2, 0.25) is 21.8 Å². The number of sulfonamides is 1. The summed E-state index contributed by atoms with van der Waals surface area (Å²) in [6, 6.07) is 14.8. The Hall–Kier alpha value is -4.65. The van der Waals surface area contributed by atoms with Crippen molar-refractivity contribution < 1.29 is 31.9 Å². The highest BCUT2D eigenvalue weighted by Crippen LogP contribution is 2.38. The summed E-state index contributed by atoms with van der Waals surface area (Å²) in [5.41, 5.74) is 0.818. The molecular formula is C25H23N5O7S. The molecule has 0 radical (unpaired) electrons. The maximum atomic E-state index is 13.2. The van der Waals surface area contributed by atoms with Crippen LogP contribution < -0.4 is 14.2 Å². The summed E-state index contributed by atoms with van der Waals surface area (Å²) in [5, 5.41) is 8.22. The van der Waals surface area contributed by atoms with Gasteiger partial charge < -0.3 is 13.9 Å². The lowest BCUT2D eigenvalue weighted by Crippen LogP contribution is -2.35. The van der Waals surface area contributed by atoms with E-state index in [9.17, 15) is 18.0 Å². The molecule has 0 aliphatic carbocycles. The van der Waals surface area contributed by atoms with E-state index in [-0.39, 0.29) is 29.4 Å². The molecule has 1 N–H and O–H groups in total. The standard InChI is InChI=1S/C25H23N5O7S/c1-15-11-12-20(37-15)22-26-27-25(30(22)21-18(35-2)9-6-10-19(21)36-3)28-38(33,34)14-13-29-23(31)16-7-4-5-8-17(16)24(29)32/h4-12H,13-14H2,1-3H3,(H,27,28). The minimum atomic E-state index is -4.12. The van der Waals surface area contributed by atoms with Gasteiger partial charge in [-0.05, 0) is 43.3 Å². The number of carbonyl (C=O) groups excluding carboxylic acids is 2. The van der Waals surface area contributed by atoms with Crippen LogP contribution in [0.5, 0.6) is 11.5 Å². The predicted octanol–water partition coefficient (Wildman–Crippen LogP) is 2.89. The van der Waals surface area contributed by atoms with Gasteiger partial charge in [-0.1, -0.05) is 18.2 Å². The number of benzene rings is 2. The second-order valence-corrected chi connectivity index (χ2v) is 10.2. The molecule has 13 heteroatoms. The molecule has 1 aliphatic rings. The van der Waals surface area contributed by atoms with Crippen molar-refractivity contribution in [2.45, 2.75) is 6.92 Å². The van der Waals surface area contributed by atoms with Crippen LogP contribution in [0.15, 0.2) is 59.0 Å². The van der Waals surface area contributed by atoms with Crippen molar-refractivity contribution in [3.05, 3.63) is 71.5 Å². The number of fused-ring (bicyclic) bond motifs is 1. The molecule has 0 unspecified atom stereocenters. The first kappa shape index (κ1) is 25.0. The first-order chi connectivity index (χ1) is 18.2. The van der Waals surface area contributed by atoms with Crippen molar-refractivity contribution in [2.24, 2.45) is 0 Å². The molecule has 0 fully saturated rings. The van der Waals surface area contributed by atoms with E-state index in [0.29, 0.717) is 28.7 Å². The first-order valence-corrected chi connectivity index (χ1v) is 13.1. The number of carbonyl (C=O) groups is 2. The lowest BCUT2D eigenvalue weighted by molar-refractivity contribution is 0.0664. The van der Waals surface area contributed by atoms with E-state index in [4.69, 9.17) is 13.9 Å². The number of amides is 2. The molecule has 4 aromatic rings. The predicted molar refractivity (Wildman–Crippen MR) is 136 cm³/mol. The molecule has 12 nitrogen and oxygen atoms in total. The maximum Gasteiger partial charge on any atom is 0.261 e. The number of anilines is 1. The van der Waals surface area contributed by atoms with Crippen molar-refractivity contribution in [2.75, 3.05) is 31.2 Å². The topological polar surface area (TPSA) is 146 Å². The highest BCUT2D eigenvalue weighted by atomic mass is 32.2. The summed E-state index contributed by atoms with van der Waals surface area (Å²) < 4.78 is 46.9. The Morgan fingerprint density at radius 1 is 0.895 bits per heavy atom. The molecule has 2 aromatic heterocycles. The molecule has 2 amide bonds. The third-order valence-corrected chi connectivity index (χ3v) is 7.17. The van der Waals surface area contributed by atoms with Crippen molar-refractivity contribution in [1.29, 1.82) is 0 Å². The van der Waals surface area contributed by atoms with Gasteiger partial charge in [0.25, 0.3) is 11.8 Å². The summed E-state index contributed by atoms with van der Waals surface area (Å²) in [6.45, 7) is 1.41. The van der Waals surface area contributed by atoms with Gasteiger partial charge in [-0.15, -0.1) is 10.2 Å². The molecule has 196 valence electrons. The second-order valence-electron chi connectivity index (χ2n) is 8.33. The SMILES string of the molecule is COc1cccc(OC)c1-n1c(NS(=O)(=O)CCN2C(=O)c3ccccc3C2=O)nnc1-c1ccc(C)o1. The van der Waals surface area contributed by atoms with Crippen molar-refractivity contribution >= 4 is 27.8 Å². The zero-order chi connectivity index (χ0) is 27.0. The lowest BCUT2D eigenvalue weighted by Gasteiger charge is -2.18. The van der Waals surface area contributed by atoms with E-state index >= 15 is 0 Å². The number of methoxy groups -OCH3 is 2. The summed E-state index contributed by atoms with van der Waals surface area (Å²) in [4.78, 5) is 26.2. The monoisotopic (exact) mass is 537 g/mol. The third-order valence-electron chi connectivity index (χ3n) is 5.96. The van der Waals surface area contributed by atoms with Gasteiger partial charge in [-0.25, -0.2) is 8.42 Å². The first-order valence-electron chi connectivity index (χ1n) is 11.4. The Balaban J connectivity index is 1.49. The van der Waals surface area contributed by atoms with E-state index in [1.807, 2.05) is 0 Å². The number of aromatic nitrogens is 3. The van der Waals surface area contributed by atoms with Gasteiger partial charge in [-0.2, -0.15) is 0 Å². The molecule has 38 heavy (non-hydrogen) atoms. The fourth-order valence-corrected chi connectivity index (χ4v) is 5.11. The maximum absolute atomic E-state index is 13.2. The molecule has 3 heterocycles. The van der Waals surface area contributed by atoms with E-state index in [2.05, 4.69) is 14.9 Å². The van der Waals surface area contributed by atoms with E-state index in [0.717, 1.165) is 4.90 Å². The van der Waals surface area contributed by atoms with Gasteiger partial charge in [0.15, 0.2) is 5.76 Å². The molecule has 2 aromatic carbocycles. The minimum Gasteiger partial charge on any atom is -0.494 e. The molecule has 5 rings (SSSR count). The number of nitrogens with zero attached hydrogens (tertiary/aromatic N) is 4. The van der Waals surface area contributed by atoms with Crippen LogP contribution in [-0.2, 0) is 10.0 Å². The summed E-state index contributed by atoms with van der Waals surface area (Å²) >= 11 is 0. The number of imide groups is 1. The Morgan fingerprint density at radius 3 is 2.08 bits per heavy atom. The van der Waals surface area contributed by atoms with Gasteiger partial charge in [0.05, 0.1) is 31.1 Å². The van der Waals surface area contributed by atoms with Crippen LogP contribution in [-0.4, -0.2) is 66.4 Å². The fourth-order valence-electron chi connectivity index (χ4n) is 4.17. The van der Waals surface area contributed by atoms with Gasteiger partial charge in [0, 0.05) is 6.54 Å². The Morgan fingerprint density at radius 2 is 1.53 bits per heavy atom. The zero-order valence-electron chi connectivity index (χ0n) is 20.7. The second kappa shape index (κ2) is 9.67. The number of hydrogen-bond donors (Lipinski definition) is 1. The number of furan rings is 1. The van der Waals surface area contributed by atoms with Crippen LogP contribution in [0.2, 0.25) is 0 Å². The number of para-hydroxylation sites is 1. The molecule has 0 saturated heterocycles. The Kier molecular flexibility index (Phi) is 6.36. The van der Waals surface area contributed by atoms with Crippen LogP contribution in [0.1, 0.15) is 26.5 Å². The lowest BCUT2D eigenvalue weighted by atomic mass is 10.1. The van der Waals surface area contributed by atoms with Gasteiger partial charge in [-0.3, -0.25) is 23.8 Å². The average molecular weight is 538 g/mol. The number of nitrogens with one attached hydrogen (secondary N) is 1. The fraction of sp³-hybridized carbons (Fsp3) is 0.200. The minimum absolute atomic E-state index is 0.167. The summed E-state index contributed by atoms with van der Waals surface area (Å²) in [5.74, 6) is 0.0442. The van der Waals surface area contributed by atoms with Crippen LogP contribution in [0.25, 0.3) is 17.3 Å². The largest absolute Gasteiger partial charge is 0.494 e. The highest BCUT2D eigenvalue weighted by molar-refractivity contribution is 7.92. The quantitative estimate of drug-likeness (QED) is 0.318. The number of hydrogen-bond acceptors (Lipinski definition) is 9. The number of ether oxygens (including phenoxy) is 2.